The van der Waals surface area contributed by atoms with E-state index in [4.69, 9.17) is 5.73 Å². The van der Waals surface area contributed by atoms with Crippen LogP contribution in [0.4, 0.5) is 8.78 Å². The Hall–Kier alpha value is -2.80. The third kappa shape index (κ3) is 3.55. The van der Waals surface area contributed by atoms with Gasteiger partial charge in [-0.1, -0.05) is 18.2 Å². The van der Waals surface area contributed by atoms with Crippen LogP contribution in [0.1, 0.15) is 28.8 Å². The average molecular weight is 370 g/mol. The van der Waals surface area contributed by atoms with Crippen LogP contribution in [0, 0.1) is 0 Å². The summed E-state index contributed by atoms with van der Waals surface area (Å²) in [7, 11) is 0. The van der Waals surface area contributed by atoms with Crippen LogP contribution in [0.5, 0.6) is 0 Å². The summed E-state index contributed by atoms with van der Waals surface area (Å²) in [5.74, 6) is -3.16. The van der Waals surface area contributed by atoms with Crippen molar-refractivity contribution >= 4 is 16.9 Å². The molecule has 1 aliphatic rings. The van der Waals surface area contributed by atoms with Crippen LogP contribution in [-0.2, 0) is 6.54 Å². The number of amides is 1. The number of hydrogen-bond donors (Lipinski definition) is 2. The number of nitrogens with one attached hydrogen (secondary N) is 1. The monoisotopic (exact) mass is 370 g/mol. The van der Waals surface area contributed by atoms with Gasteiger partial charge in [-0.25, -0.2) is 13.8 Å². The highest BCUT2D eigenvalue weighted by Gasteiger charge is 2.34. The topological polar surface area (TPSA) is 75.0 Å². The molecule has 7 heteroatoms. The molecule has 140 valence electrons. The van der Waals surface area contributed by atoms with E-state index in [2.05, 4.69) is 9.97 Å². The first kappa shape index (κ1) is 17.6. The van der Waals surface area contributed by atoms with Gasteiger partial charge in [0.25, 0.3) is 5.92 Å². The zero-order valence-electron chi connectivity index (χ0n) is 14.7. The molecule has 1 saturated heterocycles. The number of carbonyl (C=O) groups excluding carboxylic acids is 1. The fourth-order valence-electron chi connectivity index (χ4n) is 3.77. The minimum absolute atomic E-state index is 0.0478. The summed E-state index contributed by atoms with van der Waals surface area (Å²) in [6.45, 7) is 0.874. The number of aromatic nitrogens is 2. The molecule has 1 aromatic carbocycles. The van der Waals surface area contributed by atoms with Crippen LogP contribution >= 0.6 is 0 Å². The van der Waals surface area contributed by atoms with Crippen LogP contribution in [0.3, 0.4) is 0 Å². The van der Waals surface area contributed by atoms with Crippen LogP contribution in [0.25, 0.3) is 22.2 Å². The molecule has 0 spiro atoms. The molecule has 1 fully saturated rings. The number of hydrogen-bond acceptors (Lipinski definition) is 3. The van der Waals surface area contributed by atoms with Crippen molar-refractivity contribution in [2.45, 2.75) is 25.3 Å². The lowest BCUT2D eigenvalue weighted by molar-refractivity contribution is -0.0661. The molecule has 0 saturated carbocycles. The number of benzene rings is 1. The number of H-pyrrole nitrogens is 1. The molecule has 0 unspecified atom stereocenters. The first-order valence-electron chi connectivity index (χ1n) is 8.88. The van der Waals surface area contributed by atoms with Crippen molar-refractivity contribution in [3.8, 4) is 11.1 Å². The molecule has 3 aromatic rings. The van der Waals surface area contributed by atoms with Gasteiger partial charge in [0.05, 0.1) is 12.1 Å². The van der Waals surface area contributed by atoms with Gasteiger partial charge < -0.3 is 10.7 Å². The molecule has 2 aromatic heterocycles. The standard InChI is InChI=1S/C20H20F2N4O/c21-20(22)6-2-8-26(12-20)11-13-3-1-4-14(9-13)16-10-25-19-15(5-7-24-19)17(16)18(23)27/h1,3-5,7,9-10H,2,6,8,11-12H2,(H2,23,27)(H,24,25). The lowest BCUT2D eigenvalue weighted by Gasteiger charge is -2.32. The quantitative estimate of drug-likeness (QED) is 0.737. The van der Waals surface area contributed by atoms with E-state index in [0.717, 1.165) is 11.1 Å². The number of halogens is 2. The number of piperidine rings is 1. The molecular weight excluding hydrogens is 350 g/mol. The van der Waals surface area contributed by atoms with Crippen LogP contribution < -0.4 is 5.73 Å². The molecule has 3 heterocycles. The van der Waals surface area contributed by atoms with Crippen molar-refractivity contribution in [3.63, 3.8) is 0 Å². The van der Waals surface area contributed by atoms with E-state index in [1.807, 2.05) is 24.3 Å². The highest BCUT2D eigenvalue weighted by molar-refractivity contribution is 6.10. The number of fused-ring (bicyclic) bond motifs is 1. The second-order valence-corrected chi connectivity index (χ2v) is 7.02. The van der Waals surface area contributed by atoms with E-state index in [9.17, 15) is 13.6 Å². The summed E-state index contributed by atoms with van der Waals surface area (Å²) in [5.41, 5.74) is 8.97. The van der Waals surface area contributed by atoms with E-state index in [-0.39, 0.29) is 13.0 Å². The number of alkyl halides is 2. The predicted octanol–water partition coefficient (Wildman–Crippen LogP) is 3.56. The van der Waals surface area contributed by atoms with Gasteiger partial charge in [0.1, 0.15) is 5.65 Å². The first-order valence-corrected chi connectivity index (χ1v) is 8.88. The van der Waals surface area contributed by atoms with Crippen molar-refractivity contribution < 1.29 is 13.6 Å². The van der Waals surface area contributed by atoms with Gasteiger partial charge in [-0.3, -0.25) is 9.69 Å². The number of carbonyl (C=O) groups is 1. The highest BCUT2D eigenvalue weighted by Crippen LogP contribution is 2.30. The number of nitrogens with two attached hydrogens (primary N) is 1. The second-order valence-electron chi connectivity index (χ2n) is 7.02. The third-order valence-corrected chi connectivity index (χ3v) is 4.95. The van der Waals surface area contributed by atoms with E-state index < -0.39 is 11.8 Å². The first-order chi connectivity index (χ1) is 12.9. The van der Waals surface area contributed by atoms with Gasteiger partial charge in [0.15, 0.2) is 0 Å². The van der Waals surface area contributed by atoms with Gasteiger partial charge in [0.2, 0.25) is 5.91 Å². The molecule has 0 bridgehead atoms. The smallest absolute Gasteiger partial charge is 0.260 e. The van der Waals surface area contributed by atoms with Crippen molar-refractivity contribution in [1.29, 1.82) is 0 Å². The number of likely N-dealkylation sites (tertiary alicyclic amines) is 1. The molecule has 0 atom stereocenters. The Labute approximate surface area is 155 Å². The molecular formula is C20H20F2N4O. The normalized spacial score (nSPS) is 17.3. The molecule has 0 radical (unpaired) electrons. The molecule has 5 nitrogen and oxygen atoms in total. The maximum Gasteiger partial charge on any atom is 0.260 e. The zero-order chi connectivity index (χ0) is 19.0. The fraction of sp³-hybridized carbons (Fsp3) is 0.300. The van der Waals surface area contributed by atoms with Gasteiger partial charge in [-0.05, 0) is 36.2 Å². The van der Waals surface area contributed by atoms with Crippen LogP contribution in [-0.4, -0.2) is 39.8 Å². The maximum absolute atomic E-state index is 13.7. The Morgan fingerprint density at radius 3 is 2.96 bits per heavy atom. The molecule has 1 aliphatic heterocycles. The minimum atomic E-state index is -2.63. The lowest BCUT2D eigenvalue weighted by atomic mass is 9.97. The molecule has 3 N–H and O–H groups in total. The van der Waals surface area contributed by atoms with Gasteiger partial charge in [0, 0.05) is 36.3 Å². The highest BCUT2D eigenvalue weighted by atomic mass is 19.3. The largest absolute Gasteiger partial charge is 0.366 e. The lowest BCUT2D eigenvalue weighted by Crippen LogP contribution is -2.41. The Balaban J connectivity index is 1.68. The maximum atomic E-state index is 13.7. The number of rotatable bonds is 4. The Kier molecular flexibility index (Phi) is 4.39. The summed E-state index contributed by atoms with van der Waals surface area (Å²) in [6.07, 6.45) is 3.77. The summed E-state index contributed by atoms with van der Waals surface area (Å²) in [4.78, 5) is 21.2. The SMILES string of the molecule is NC(=O)c1c(-c2cccc(CN3CCCC(F)(F)C3)c2)cnc2[nH]ccc12. The third-order valence-electron chi connectivity index (χ3n) is 4.95. The van der Waals surface area contributed by atoms with Crippen molar-refractivity contribution in [3.05, 3.63) is 53.9 Å². The summed E-state index contributed by atoms with van der Waals surface area (Å²) in [6, 6.07) is 9.32. The van der Waals surface area contributed by atoms with Crippen LogP contribution in [0.15, 0.2) is 42.7 Å². The molecule has 27 heavy (non-hydrogen) atoms. The number of pyridine rings is 1. The zero-order valence-corrected chi connectivity index (χ0v) is 14.7. The summed E-state index contributed by atoms with van der Waals surface area (Å²) < 4.78 is 27.3. The molecule has 0 aliphatic carbocycles. The van der Waals surface area contributed by atoms with E-state index in [0.29, 0.717) is 41.7 Å². The molecule has 4 rings (SSSR count). The predicted molar refractivity (Wildman–Crippen MR) is 99.5 cm³/mol. The van der Waals surface area contributed by atoms with E-state index >= 15 is 0 Å². The number of aromatic amines is 1. The Morgan fingerprint density at radius 1 is 1.33 bits per heavy atom. The Morgan fingerprint density at radius 2 is 2.19 bits per heavy atom. The van der Waals surface area contributed by atoms with Gasteiger partial charge in [-0.2, -0.15) is 0 Å². The van der Waals surface area contributed by atoms with E-state index in [1.54, 1.807) is 23.4 Å². The number of primary amides is 1. The summed E-state index contributed by atoms with van der Waals surface area (Å²) >= 11 is 0. The van der Waals surface area contributed by atoms with Crippen molar-refractivity contribution in [1.82, 2.24) is 14.9 Å². The summed E-state index contributed by atoms with van der Waals surface area (Å²) in [5, 5.41) is 0.668. The fourth-order valence-corrected chi connectivity index (χ4v) is 3.77. The van der Waals surface area contributed by atoms with E-state index in [1.165, 1.54) is 0 Å². The molecule has 1 amide bonds. The minimum Gasteiger partial charge on any atom is -0.366 e. The second kappa shape index (κ2) is 6.74. The van der Waals surface area contributed by atoms with Gasteiger partial charge in [-0.15, -0.1) is 0 Å². The van der Waals surface area contributed by atoms with Crippen molar-refractivity contribution in [2.75, 3.05) is 13.1 Å². The number of nitrogens with zero attached hydrogens (tertiary/aromatic N) is 2. The Bertz CT molecular complexity index is 999. The van der Waals surface area contributed by atoms with Crippen LogP contribution in [0.2, 0.25) is 0 Å². The van der Waals surface area contributed by atoms with Crippen molar-refractivity contribution in [2.24, 2.45) is 5.73 Å². The van der Waals surface area contributed by atoms with Gasteiger partial charge >= 0.3 is 0 Å². The average Bonchev–Trinajstić information content (AvgIpc) is 3.08.